The van der Waals surface area contributed by atoms with Crippen molar-refractivity contribution in [2.45, 2.75) is 19.9 Å². The summed E-state index contributed by atoms with van der Waals surface area (Å²) in [7, 11) is 0. The zero-order valence-electron chi connectivity index (χ0n) is 14.6. The molecule has 3 rings (SSSR count). The van der Waals surface area contributed by atoms with Crippen LogP contribution in [0, 0.1) is 0 Å². The molecule has 1 aromatic heterocycles. The number of hydrogen-bond donors (Lipinski definition) is 1. The van der Waals surface area contributed by atoms with Crippen molar-refractivity contribution in [1.29, 1.82) is 0 Å². The average Bonchev–Trinajstić information content (AvgIpc) is 3.13. The van der Waals surface area contributed by atoms with Crippen LogP contribution >= 0.6 is 11.3 Å². The summed E-state index contributed by atoms with van der Waals surface area (Å²) in [4.78, 5) is 19.2. The number of aromatic nitrogens is 1. The molecule has 0 bridgehead atoms. The smallest absolute Gasteiger partial charge is 0.251 e. The Bertz CT molecular complexity index is 827. The number of carbonyl (C=O) groups is 1. The molecule has 1 heterocycles. The van der Waals surface area contributed by atoms with Crippen molar-refractivity contribution in [3.8, 4) is 0 Å². The largest absolute Gasteiger partial charge is 0.350 e. The van der Waals surface area contributed by atoms with Gasteiger partial charge in [0.15, 0.2) is 0 Å². The van der Waals surface area contributed by atoms with Gasteiger partial charge in [0.1, 0.15) is 0 Å². The minimum absolute atomic E-state index is 0.0385. The zero-order chi connectivity index (χ0) is 17.6. The SMILES string of the molecule is CCN(CC)C(CNC(=O)c1ccc2ncsc2c1)c1ccccc1. The third-order valence-corrected chi connectivity index (χ3v) is 5.28. The van der Waals surface area contributed by atoms with Gasteiger partial charge in [0.05, 0.1) is 21.8 Å². The maximum Gasteiger partial charge on any atom is 0.251 e. The molecule has 1 amide bonds. The van der Waals surface area contributed by atoms with Gasteiger partial charge in [0, 0.05) is 12.1 Å². The Morgan fingerprint density at radius 2 is 1.92 bits per heavy atom. The second kappa shape index (κ2) is 8.23. The molecule has 25 heavy (non-hydrogen) atoms. The van der Waals surface area contributed by atoms with Crippen molar-refractivity contribution in [2.75, 3.05) is 19.6 Å². The summed E-state index contributed by atoms with van der Waals surface area (Å²) in [6, 6.07) is 16.2. The highest BCUT2D eigenvalue weighted by atomic mass is 32.1. The molecule has 0 aliphatic heterocycles. The molecule has 0 radical (unpaired) electrons. The second-order valence-electron chi connectivity index (χ2n) is 5.89. The van der Waals surface area contributed by atoms with E-state index in [1.54, 1.807) is 16.8 Å². The monoisotopic (exact) mass is 353 g/mol. The number of likely N-dealkylation sites (N-methyl/N-ethyl adjacent to an activating group) is 1. The van der Waals surface area contributed by atoms with Gasteiger partial charge in [-0.15, -0.1) is 11.3 Å². The van der Waals surface area contributed by atoms with Crippen LogP contribution in [0.15, 0.2) is 54.0 Å². The van der Waals surface area contributed by atoms with Crippen LogP contribution in [0.1, 0.15) is 35.8 Å². The van der Waals surface area contributed by atoms with Gasteiger partial charge in [0.2, 0.25) is 0 Å². The normalized spacial score (nSPS) is 12.4. The van der Waals surface area contributed by atoms with Gasteiger partial charge >= 0.3 is 0 Å². The summed E-state index contributed by atoms with van der Waals surface area (Å²) < 4.78 is 1.04. The van der Waals surface area contributed by atoms with Gasteiger partial charge in [-0.2, -0.15) is 0 Å². The number of fused-ring (bicyclic) bond motifs is 1. The number of nitrogens with zero attached hydrogens (tertiary/aromatic N) is 2. The number of rotatable bonds is 7. The highest BCUT2D eigenvalue weighted by Crippen LogP contribution is 2.21. The minimum Gasteiger partial charge on any atom is -0.350 e. The fourth-order valence-electron chi connectivity index (χ4n) is 3.09. The molecule has 0 aliphatic carbocycles. The lowest BCUT2D eigenvalue weighted by molar-refractivity contribution is 0.0935. The van der Waals surface area contributed by atoms with E-state index in [1.807, 2.05) is 36.4 Å². The standard InChI is InChI=1S/C20H23N3OS/c1-3-23(4-2)18(15-8-6-5-7-9-15)13-21-20(24)16-10-11-17-19(12-16)25-14-22-17/h5-12,14,18H,3-4,13H2,1-2H3,(H,21,24). The molecule has 1 atom stereocenters. The molecule has 1 unspecified atom stereocenters. The lowest BCUT2D eigenvalue weighted by Gasteiger charge is -2.30. The Hall–Kier alpha value is -2.24. The highest BCUT2D eigenvalue weighted by Gasteiger charge is 2.19. The summed E-state index contributed by atoms with van der Waals surface area (Å²) in [6.45, 7) is 6.78. The molecule has 0 fully saturated rings. The van der Waals surface area contributed by atoms with Crippen LogP contribution in [0.3, 0.4) is 0 Å². The van der Waals surface area contributed by atoms with E-state index < -0.39 is 0 Å². The van der Waals surface area contributed by atoms with Crippen molar-refractivity contribution in [1.82, 2.24) is 15.2 Å². The van der Waals surface area contributed by atoms with Crippen LogP contribution in [0.25, 0.3) is 10.2 Å². The van der Waals surface area contributed by atoms with E-state index in [0.29, 0.717) is 12.1 Å². The second-order valence-corrected chi connectivity index (χ2v) is 6.78. The van der Waals surface area contributed by atoms with Crippen LogP contribution < -0.4 is 5.32 Å². The summed E-state index contributed by atoms with van der Waals surface area (Å²) in [6.07, 6.45) is 0. The first-order valence-electron chi connectivity index (χ1n) is 8.63. The topological polar surface area (TPSA) is 45.2 Å². The molecular weight excluding hydrogens is 330 g/mol. The van der Waals surface area contributed by atoms with Crippen molar-refractivity contribution >= 4 is 27.5 Å². The Labute approximate surface area is 152 Å². The molecule has 0 spiro atoms. The molecule has 0 aliphatic rings. The molecule has 0 saturated carbocycles. The van der Waals surface area contributed by atoms with E-state index in [2.05, 4.69) is 41.2 Å². The van der Waals surface area contributed by atoms with Gasteiger partial charge in [0.25, 0.3) is 5.91 Å². The van der Waals surface area contributed by atoms with Gasteiger partial charge in [-0.1, -0.05) is 44.2 Å². The van der Waals surface area contributed by atoms with E-state index in [0.717, 1.165) is 23.3 Å². The first-order chi connectivity index (χ1) is 12.2. The van der Waals surface area contributed by atoms with E-state index in [1.165, 1.54) is 5.56 Å². The molecule has 3 aromatic rings. The number of amides is 1. The summed E-state index contributed by atoms with van der Waals surface area (Å²) in [5.41, 5.74) is 4.65. The average molecular weight is 353 g/mol. The van der Waals surface area contributed by atoms with Gasteiger partial charge < -0.3 is 5.32 Å². The van der Waals surface area contributed by atoms with Crippen LogP contribution in [-0.2, 0) is 0 Å². The first kappa shape index (κ1) is 17.6. The Balaban J connectivity index is 1.74. The number of carbonyl (C=O) groups excluding carboxylic acids is 1. The molecule has 4 nitrogen and oxygen atoms in total. The number of benzene rings is 2. The molecule has 130 valence electrons. The number of nitrogens with one attached hydrogen (secondary N) is 1. The quantitative estimate of drug-likeness (QED) is 0.695. The predicted molar refractivity (Wildman–Crippen MR) is 104 cm³/mol. The minimum atomic E-state index is -0.0385. The zero-order valence-corrected chi connectivity index (χ0v) is 15.4. The van der Waals surface area contributed by atoms with Crippen molar-refractivity contribution < 1.29 is 4.79 Å². The number of thiazole rings is 1. The Morgan fingerprint density at radius 3 is 2.64 bits per heavy atom. The Morgan fingerprint density at radius 1 is 1.16 bits per heavy atom. The summed E-state index contributed by atoms with van der Waals surface area (Å²) in [5, 5.41) is 3.11. The maximum atomic E-state index is 12.6. The fraction of sp³-hybridized carbons (Fsp3) is 0.300. The lowest BCUT2D eigenvalue weighted by atomic mass is 10.0. The van der Waals surface area contributed by atoms with E-state index in [-0.39, 0.29) is 11.9 Å². The molecule has 0 saturated heterocycles. The van der Waals surface area contributed by atoms with Crippen LogP contribution in [0.2, 0.25) is 0 Å². The van der Waals surface area contributed by atoms with E-state index in [4.69, 9.17) is 0 Å². The molecule has 1 N–H and O–H groups in total. The van der Waals surface area contributed by atoms with Crippen molar-refractivity contribution in [3.63, 3.8) is 0 Å². The van der Waals surface area contributed by atoms with Crippen LogP contribution in [0.5, 0.6) is 0 Å². The fourth-order valence-corrected chi connectivity index (χ4v) is 3.80. The van der Waals surface area contributed by atoms with Crippen LogP contribution in [0.4, 0.5) is 0 Å². The van der Waals surface area contributed by atoms with Crippen LogP contribution in [-0.4, -0.2) is 35.4 Å². The molecular formula is C20H23N3OS. The molecule has 2 aromatic carbocycles. The maximum absolute atomic E-state index is 12.6. The third-order valence-electron chi connectivity index (χ3n) is 4.49. The summed E-state index contributed by atoms with van der Waals surface area (Å²) in [5.74, 6) is -0.0385. The highest BCUT2D eigenvalue weighted by molar-refractivity contribution is 7.16. The van der Waals surface area contributed by atoms with Crippen molar-refractivity contribution in [3.05, 3.63) is 65.2 Å². The van der Waals surface area contributed by atoms with Gasteiger partial charge in [-0.3, -0.25) is 9.69 Å². The lowest BCUT2D eigenvalue weighted by Crippen LogP contribution is -2.38. The predicted octanol–water partition coefficient (Wildman–Crippen LogP) is 4.11. The van der Waals surface area contributed by atoms with Gasteiger partial charge in [-0.25, -0.2) is 4.98 Å². The molecule has 5 heteroatoms. The Kier molecular flexibility index (Phi) is 5.79. The van der Waals surface area contributed by atoms with Crippen molar-refractivity contribution in [2.24, 2.45) is 0 Å². The van der Waals surface area contributed by atoms with E-state index in [9.17, 15) is 4.79 Å². The van der Waals surface area contributed by atoms with Gasteiger partial charge in [-0.05, 0) is 36.9 Å². The summed E-state index contributed by atoms with van der Waals surface area (Å²) >= 11 is 1.55. The first-order valence-corrected chi connectivity index (χ1v) is 9.51. The van der Waals surface area contributed by atoms with E-state index >= 15 is 0 Å². The number of hydrogen-bond acceptors (Lipinski definition) is 4. The third kappa shape index (κ3) is 4.06.